The number of hydrogen-bond acceptors (Lipinski definition) is 8. The summed E-state index contributed by atoms with van der Waals surface area (Å²) in [6.45, 7) is 6.61. The molecule has 0 bridgehead atoms. The third-order valence-corrected chi connectivity index (χ3v) is 6.39. The van der Waals surface area contributed by atoms with Crippen LogP contribution in [0.5, 0.6) is 5.75 Å². The molecule has 4 aromatic rings. The summed E-state index contributed by atoms with van der Waals surface area (Å²) < 4.78 is 14.6. The Morgan fingerprint density at radius 2 is 2.06 bits per heavy atom. The topological polar surface area (TPSA) is 109 Å². The largest absolute Gasteiger partial charge is 0.494 e. The summed E-state index contributed by atoms with van der Waals surface area (Å²) in [5, 5.41) is 10.2. The molecule has 1 aliphatic heterocycles. The van der Waals surface area contributed by atoms with Gasteiger partial charge in [-0.2, -0.15) is 9.61 Å². The minimum absolute atomic E-state index is 0.192. The van der Waals surface area contributed by atoms with Crippen LogP contribution in [0.25, 0.3) is 16.6 Å². The van der Waals surface area contributed by atoms with Crippen LogP contribution < -0.4 is 15.4 Å². The highest BCUT2D eigenvalue weighted by Gasteiger charge is 2.27. The zero-order chi connectivity index (χ0) is 23.2. The van der Waals surface area contributed by atoms with Gasteiger partial charge in [-0.3, -0.25) is 4.68 Å². The molecule has 0 spiro atoms. The van der Waals surface area contributed by atoms with Gasteiger partial charge in [0.2, 0.25) is 5.95 Å². The molecule has 1 fully saturated rings. The molecule has 1 aliphatic rings. The first kappa shape index (κ1) is 21.4. The van der Waals surface area contributed by atoms with Crippen molar-refractivity contribution in [1.29, 1.82) is 0 Å². The van der Waals surface area contributed by atoms with Gasteiger partial charge in [-0.1, -0.05) is 6.07 Å². The Bertz CT molecular complexity index is 1290. The number of piperidine rings is 1. The van der Waals surface area contributed by atoms with Crippen LogP contribution in [0.1, 0.15) is 38.4 Å². The van der Waals surface area contributed by atoms with Crippen molar-refractivity contribution in [3.05, 3.63) is 36.4 Å². The van der Waals surface area contributed by atoms with E-state index in [9.17, 15) is 0 Å². The summed E-state index contributed by atoms with van der Waals surface area (Å²) >= 11 is 0. The fourth-order valence-electron chi connectivity index (χ4n) is 4.46. The minimum atomic E-state index is -0.270. The smallest absolute Gasteiger partial charge is 0.223 e. The van der Waals surface area contributed by atoms with Crippen LogP contribution in [0.15, 0.2) is 30.6 Å². The molecule has 174 valence electrons. The van der Waals surface area contributed by atoms with E-state index in [0.29, 0.717) is 29.4 Å². The van der Waals surface area contributed by atoms with Crippen molar-refractivity contribution in [2.75, 3.05) is 37.9 Å². The molecule has 1 atom stereocenters. The van der Waals surface area contributed by atoms with Gasteiger partial charge in [-0.25, -0.2) is 9.97 Å². The van der Waals surface area contributed by atoms with Crippen molar-refractivity contribution in [3.8, 4) is 5.75 Å². The fourth-order valence-corrected chi connectivity index (χ4v) is 4.46. The van der Waals surface area contributed by atoms with Crippen molar-refractivity contribution in [1.82, 2.24) is 29.4 Å². The number of fused-ring (bicyclic) bond motifs is 3. The summed E-state index contributed by atoms with van der Waals surface area (Å²) in [5.41, 5.74) is 8.47. The lowest BCUT2D eigenvalue weighted by molar-refractivity contribution is 0.00542. The number of nitrogens with two attached hydrogens (primary N) is 1. The van der Waals surface area contributed by atoms with Crippen molar-refractivity contribution < 1.29 is 9.47 Å². The molecule has 0 aliphatic carbocycles. The predicted molar refractivity (Wildman–Crippen MR) is 127 cm³/mol. The molecular weight excluding hydrogens is 420 g/mol. The number of anilines is 2. The molecule has 10 heteroatoms. The summed E-state index contributed by atoms with van der Waals surface area (Å²) in [7, 11) is 3.35. The molecule has 0 amide bonds. The van der Waals surface area contributed by atoms with Crippen molar-refractivity contribution in [2.24, 2.45) is 0 Å². The van der Waals surface area contributed by atoms with Crippen LogP contribution in [0.3, 0.4) is 0 Å². The van der Waals surface area contributed by atoms with E-state index >= 15 is 0 Å². The van der Waals surface area contributed by atoms with E-state index in [0.717, 1.165) is 42.8 Å². The average molecular weight is 451 g/mol. The van der Waals surface area contributed by atoms with Gasteiger partial charge in [0, 0.05) is 37.7 Å². The maximum Gasteiger partial charge on any atom is 0.223 e. The Morgan fingerprint density at radius 1 is 1.21 bits per heavy atom. The normalized spacial score (nSPS) is 17.2. The highest BCUT2D eigenvalue weighted by Crippen LogP contribution is 2.32. The van der Waals surface area contributed by atoms with E-state index in [2.05, 4.69) is 35.0 Å². The number of rotatable bonds is 6. The molecule has 1 aromatic carbocycles. The molecule has 1 saturated heterocycles. The summed E-state index contributed by atoms with van der Waals surface area (Å²) in [6.07, 6.45) is 6.08. The van der Waals surface area contributed by atoms with Crippen LogP contribution in [-0.2, 0) is 11.3 Å². The molecule has 33 heavy (non-hydrogen) atoms. The molecule has 0 saturated carbocycles. The number of methoxy groups -OCH3 is 2. The van der Waals surface area contributed by atoms with Gasteiger partial charge in [-0.05, 0) is 38.8 Å². The van der Waals surface area contributed by atoms with Gasteiger partial charge >= 0.3 is 0 Å². The number of benzene rings is 1. The van der Waals surface area contributed by atoms with E-state index in [1.54, 1.807) is 18.7 Å². The second-order valence-electron chi connectivity index (χ2n) is 9.18. The molecule has 4 heterocycles. The van der Waals surface area contributed by atoms with Gasteiger partial charge in [0.05, 0.1) is 31.1 Å². The summed E-state index contributed by atoms with van der Waals surface area (Å²) in [6, 6.07) is 5.77. The molecule has 10 nitrogen and oxygen atoms in total. The highest BCUT2D eigenvalue weighted by atomic mass is 16.5. The maximum absolute atomic E-state index is 6.23. The third kappa shape index (κ3) is 3.95. The first-order valence-corrected chi connectivity index (χ1v) is 11.2. The number of ether oxygens (including phenoxy) is 2. The van der Waals surface area contributed by atoms with E-state index < -0.39 is 0 Å². The predicted octanol–water partition coefficient (Wildman–Crippen LogP) is 2.87. The highest BCUT2D eigenvalue weighted by molar-refractivity contribution is 5.95. The van der Waals surface area contributed by atoms with Gasteiger partial charge in [-0.15, -0.1) is 5.10 Å². The van der Waals surface area contributed by atoms with Crippen molar-refractivity contribution >= 4 is 28.2 Å². The number of nitrogen functional groups attached to an aromatic ring is 1. The minimum Gasteiger partial charge on any atom is -0.494 e. The molecule has 0 unspecified atom stereocenters. The average Bonchev–Trinajstić information content (AvgIpc) is 3.47. The lowest BCUT2D eigenvalue weighted by Gasteiger charge is -2.32. The van der Waals surface area contributed by atoms with Crippen molar-refractivity contribution in [2.45, 2.75) is 44.8 Å². The summed E-state index contributed by atoms with van der Waals surface area (Å²) in [4.78, 5) is 11.8. The molecule has 0 radical (unpaired) electrons. The lowest BCUT2D eigenvalue weighted by atomic mass is 9.97. The molecular formula is C23H30N8O2. The van der Waals surface area contributed by atoms with Crippen molar-refractivity contribution in [3.63, 3.8) is 0 Å². The Labute approximate surface area is 192 Å². The number of hydrogen-bond donors (Lipinski definition) is 1. The molecule has 5 rings (SSSR count). The van der Waals surface area contributed by atoms with Gasteiger partial charge in [0.15, 0.2) is 11.5 Å². The first-order chi connectivity index (χ1) is 15.9. The third-order valence-electron chi connectivity index (χ3n) is 6.39. The Balaban J connectivity index is 1.43. The van der Waals surface area contributed by atoms with Crippen LogP contribution >= 0.6 is 0 Å². The van der Waals surface area contributed by atoms with Crippen LogP contribution in [0, 0.1) is 0 Å². The Hall–Kier alpha value is -3.40. The second-order valence-corrected chi connectivity index (χ2v) is 9.18. The first-order valence-electron chi connectivity index (χ1n) is 11.2. The Morgan fingerprint density at radius 3 is 2.85 bits per heavy atom. The van der Waals surface area contributed by atoms with E-state index in [1.165, 1.54) is 0 Å². The lowest BCUT2D eigenvalue weighted by Crippen LogP contribution is -2.34. The SMILES string of the molecule is COc1cccc2c1nc(N)n1nc([C@@H]3CCCN(c4cnn(CC(C)(C)OC)c4)C3)nc21. The number of aromatic nitrogens is 6. The van der Waals surface area contributed by atoms with E-state index in [4.69, 9.17) is 25.3 Å². The number of para-hydroxylation sites is 1. The Kier molecular flexibility index (Phi) is 5.32. The standard InChI is InChI=1S/C23H30N8O2/c1-23(2,33-4)14-30-13-16(11-25-30)29-10-6-7-15(12-29)20-27-21-17-8-5-9-18(32-3)19(17)26-22(24)31(21)28-20/h5,8-9,11,13,15H,6-7,10,12,14H2,1-4H3,(H2,24,26)/t15-/m1/s1. The van der Waals surface area contributed by atoms with Crippen LogP contribution in [0.4, 0.5) is 11.6 Å². The summed E-state index contributed by atoms with van der Waals surface area (Å²) in [5.74, 6) is 1.95. The van der Waals surface area contributed by atoms with Crippen LogP contribution in [0.2, 0.25) is 0 Å². The molecule has 3 aromatic heterocycles. The number of nitrogens with zero attached hydrogens (tertiary/aromatic N) is 7. The fraction of sp³-hybridized carbons (Fsp3) is 0.478. The van der Waals surface area contributed by atoms with Gasteiger partial charge in [0.1, 0.15) is 11.3 Å². The van der Waals surface area contributed by atoms with Gasteiger partial charge in [0.25, 0.3) is 0 Å². The van der Waals surface area contributed by atoms with E-state index in [1.807, 2.05) is 29.1 Å². The zero-order valence-electron chi connectivity index (χ0n) is 19.5. The van der Waals surface area contributed by atoms with Crippen LogP contribution in [-0.4, -0.2) is 62.3 Å². The quantitative estimate of drug-likeness (QED) is 0.478. The monoisotopic (exact) mass is 450 g/mol. The zero-order valence-corrected chi connectivity index (χ0v) is 19.5. The second kappa shape index (κ2) is 8.18. The molecule has 2 N–H and O–H groups in total. The maximum atomic E-state index is 6.23. The van der Waals surface area contributed by atoms with Gasteiger partial charge < -0.3 is 20.1 Å². The van der Waals surface area contributed by atoms with E-state index in [-0.39, 0.29) is 11.5 Å².